The van der Waals surface area contributed by atoms with E-state index in [9.17, 15) is 9.59 Å². The first kappa shape index (κ1) is 10.3. The Morgan fingerprint density at radius 2 is 2.45 bits per heavy atom. The van der Waals surface area contributed by atoms with Gasteiger partial charge < -0.3 is 10.1 Å². The molecule has 4 nitrogen and oxygen atoms in total. The molecule has 0 saturated carbocycles. The number of carbonyl (C=O) groups excluding carboxylic acids is 2. The molecular weight excluding hydrogens is 166 g/mol. The maximum absolute atomic E-state index is 10.8. The first-order valence-corrected chi connectivity index (χ1v) is 4.42. The highest BCUT2D eigenvalue weighted by atomic mass is 32.2. The van der Waals surface area contributed by atoms with Gasteiger partial charge in [-0.05, 0) is 6.26 Å². The summed E-state index contributed by atoms with van der Waals surface area (Å²) in [5.41, 5.74) is 0. The van der Waals surface area contributed by atoms with E-state index in [0.717, 1.165) is 0 Å². The number of hydrogen-bond donors (Lipinski definition) is 1. The van der Waals surface area contributed by atoms with Crippen molar-refractivity contribution in [1.82, 2.24) is 5.32 Å². The molecular formula is C6H11NO3S. The van der Waals surface area contributed by atoms with Gasteiger partial charge in [0.1, 0.15) is 6.04 Å². The molecule has 0 radical (unpaired) electrons. The Bertz CT molecular complexity index is 140. The van der Waals surface area contributed by atoms with Gasteiger partial charge in [-0.15, -0.1) is 0 Å². The van der Waals surface area contributed by atoms with Gasteiger partial charge in [-0.3, -0.25) is 4.79 Å². The highest BCUT2D eigenvalue weighted by Gasteiger charge is 2.16. The molecule has 0 rings (SSSR count). The Labute approximate surface area is 69.7 Å². The fourth-order valence-corrected chi connectivity index (χ4v) is 1.14. The summed E-state index contributed by atoms with van der Waals surface area (Å²) >= 11 is 1.47. The minimum atomic E-state index is -0.521. The summed E-state index contributed by atoms with van der Waals surface area (Å²) < 4.78 is 4.44. The second kappa shape index (κ2) is 6.03. The zero-order valence-electron chi connectivity index (χ0n) is 6.49. The number of hydrogen-bond acceptors (Lipinski definition) is 4. The predicted molar refractivity (Wildman–Crippen MR) is 43.4 cm³/mol. The fraction of sp³-hybridized carbons (Fsp3) is 0.667. The molecule has 11 heavy (non-hydrogen) atoms. The van der Waals surface area contributed by atoms with E-state index in [-0.39, 0.29) is 0 Å². The molecule has 0 unspecified atom stereocenters. The van der Waals surface area contributed by atoms with Crippen LogP contribution in [0.25, 0.3) is 0 Å². The average Bonchev–Trinajstić information content (AvgIpc) is 2.03. The van der Waals surface area contributed by atoms with Crippen molar-refractivity contribution in [3.05, 3.63) is 0 Å². The molecule has 64 valence electrons. The van der Waals surface area contributed by atoms with Gasteiger partial charge in [0.05, 0.1) is 7.11 Å². The van der Waals surface area contributed by atoms with Crippen molar-refractivity contribution in [3.63, 3.8) is 0 Å². The molecule has 0 aromatic heterocycles. The number of amides is 1. The lowest BCUT2D eigenvalue weighted by Gasteiger charge is -2.10. The standard InChI is InChI=1S/C6H11NO3S/c1-10-6(9)5(3-11-2)7-4-8/h4-5H,3H2,1-2H3,(H,7,8)/t5-/m0/s1. The Balaban J connectivity index is 3.86. The van der Waals surface area contributed by atoms with E-state index in [1.54, 1.807) is 0 Å². The molecule has 0 bridgehead atoms. The van der Waals surface area contributed by atoms with Crippen LogP contribution in [-0.4, -0.2) is 37.5 Å². The van der Waals surface area contributed by atoms with Crippen molar-refractivity contribution in [2.45, 2.75) is 6.04 Å². The minimum Gasteiger partial charge on any atom is -0.467 e. The largest absolute Gasteiger partial charge is 0.467 e. The lowest BCUT2D eigenvalue weighted by Crippen LogP contribution is -2.38. The summed E-state index contributed by atoms with van der Waals surface area (Å²) in [4.78, 5) is 20.8. The summed E-state index contributed by atoms with van der Waals surface area (Å²) in [6.07, 6.45) is 2.35. The Kier molecular flexibility index (Phi) is 5.64. The highest BCUT2D eigenvalue weighted by molar-refractivity contribution is 7.98. The molecule has 1 amide bonds. The number of rotatable bonds is 5. The normalized spacial score (nSPS) is 11.8. The molecule has 0 aromatic rings. The third kappa shape index (κ3) is 3.87. The molecule has 0 aliphatic rings. The van der Waals surface area contributed by atoms with Gasteiger partial charge in [0.2, 0.25) is 6.41 Å². The van der Waals surface area contributed by atoms with E-state index in [0.29, 0.717) is 12.2 Å². The lowest BCUT2D eigenvalue weighted by atomic mass is 10.3. The van der Waals surface area contributed by atoms with Gasteiger partial charge in [0.15, 0.2) is 0 Å². The lowest BCUT2D eigenvalue weighted by molar-refractivity contribution is -0.143. The molecule has 0 fully saturated rings. The molecule has 0 aliphatic heterocycles. The van der Waals surface area contributed by atoms with Crippen LogP contribution in [0.2, 0.25) is 0 Å². The number of carbonyl (C=O) groups is 2. The number of esters is 1. The summed E-state index contributed by atoms with van der Waals surface area (Å²) in [5.74, 6) is 0.122. The second-order valence-corrected chi connectivity index (χ2v) is 2.73. The zero-order chi connectivity index (χ0) is 8.69. The number of thioether (sulfide) groups is 1. The Morgan fingerprint density at radius 1 is 1.82 bits per heavy atom. The third-order valence-electron chi connectivity index (χ3n) is 1.09. The van der Waals surface area contributed by atoms with Crippen LogP contribution in [0.3, 0.4) is 0 Å². The summed E-state index contributed by atoms with van der Waals surface area (Å²) in [6.45, 7) is 0. The maximum Gasteiger partial charge on any atom is 0.329 e. The topological polar surface area (TPSA) is 55.4 Å². The quantitative estimate of drug-likeness (QED) is 0.460. The molecule has 1 N–H and O–H groups in total. The first-order valence-electron chi connectivity index (χ1n) is 3.02. The van der Waals surface area contributed by atoms with Crippen LogP contribution in [0.1, 0.15) is 0 Å². The summed E-state index contributed by atoms with van der Waals surface area (Å²) in [5, 5.41) is 2.36. The number of ether oxygens (including phenoxy) is 1. The van der Waals surface area contributed by atoms with Crippen LogP contribution in [0.15, 0.2) is 0 Å². The van der Waals surface area contributed by atoms with Crippen LogP contribution < -0.4 is 5.32 Å². The van der Waals surface area contributed by atoms with Gasteiger partial charge in [0.25, 0.3) is 0 Å². The van der Waals surface area contributed by atoms with Crippen molar-refractivity contribution < 1.29 is 14.3 Å². The summed E-state index contributed by atoms with van der Waals surface area (Å²) in [7, 11) is 1.29. The minimum absolute atomic E-state index is 0.411. The molecule has 0 heterocycles. The van der Waals surface area contributed by atoms with Crippen LogP contribution >= 0.6 is 11.8 Å². The SMILES string of the molecule is COC(=O)[C@H](CSC)NC=O. The van der Waals surface area contributed by atoms with Crippen LogP contribution in [-0.2, 0) is 14.3 Å². The maximum atomic E-state index is 10.8. The number of methoxy groups -OCH3 is 1. The third-order valence-corrected chi connectivity index (χ3v) is 1.75. The van der Waals surface area contributed by atoms with E-state index < -0.39 is 12.0 Å². The Morgan fingerprint density at radius 3 is 2.82 bits per heavy atom. The molecule has 0 aromatic carbocycles. The van der Waals surface area contributed by atoms with Crippen molar-refractivity contribution in [2.75, 3.05) is 19.1 Å². The van der Waals surface area contributed by atoms with Crippen LogP contribution in [0.4, 0.5) is 0 Å². The average molecular weight is 177 g/mol. The van der Waals surface area contributed by atoms with Gasteiger partial charge in [0, 0.05) is 5.75 Å². The molecule has 0 saturated heterocycles. The highest BCUT2D eigenvalue weighted by Crippen LogP contribution is 1.97. The Hall–Kier alpha value is -0.710. The molecule has 0 spiro atoms. The van der Waals surface area contributed by atoms with Crippen LogP contribution in [0.5, 0.6) is 0 Å². The molecule has 0 aliphatic carbocycles. The van der Waals surface area contributed by atoms with E-state index in [4.69, 9.17) is 0 Å². The van der Waals surface area contributed by atoms with Crippen molar-refractivity contribution in [3.8, 4) is 0 Å². The first-order chi connectivity index (χ1) is 5.26. The van der Waals surface area contributed by atoms with E-state index in [1.165, 1.54) is 18.9 Å². The predicted octanol–water partition coefficient (Wildman–Crippen LogP) is -0.363. The van der Waals surface area contributed by atoms with Crippen molar-refractivity contribution >= 4 is 24.1 Å². The monoisotopic (exact) mass is 177 g/mol. The number of nitrogens with one attached hydrogen (secondary N) is 1. The zero-order valence-corrected chi connectivity index (χ0v) is 7.31. The second-order valence-electron chi connectivity index (χ2n) is 1.82. The van der Waals surface area contributed by atoms with Gasteiger partial charge in [-0.2, -0.15) is 11.8 Å². The smallest absolute Gasteiger partial charge is 0.329 e. The molecule has 5 heteroatoms. The summed E-state index contributed by atoms with van der Waals surface area (Å²) in [6, 6.07) is -0.521. The molecule has 1 atom stereocenters. The fourth-order valence-electron chi connectivity index (χ4n) is 0.575. The van der Waals surface area contributed by atoms with Crippen molar-refractivity contribution in [2.24, 2.45) is 0 Å². The van der Waals surface area contributed by atoms with Crippen LogP contribution in [0, 0.1) is 0 Å². The van der Waals surface area contributed by atoms with Gasteiger partial charge >= 0.3 is 5.97 Å². The van der Waals surface area contributed by atoms with Gasteiger partial charge in [-0.1, -0.05) is 0 Å². The van der Waals surface area contributed by atoms with E-state index >= 15 is 0 Å². The van der Waals surface area contributed by atoms with E-state index in [2.05, 4.69) is 10.1 Å². The van der Waals surface area contributed by atoms with Gasteiger partial charge in [-0.25, -0.2) is 4.79 Å². The van der Waals surface area contributed by atoms with Crippen molar-refractivity contribution in [1.29, 1.82) is 0 Å². The van der Waals surface area contributed by atoms with E-state index in [1.807, 2.05) is 6.26 Å².